The van der Waals surface area contributed by atoms with Gasteiger partial charge < -0.3 is 30.0 Å². The third-order valence-corrected chi connectivity index (χ3v) is 2.79. The van der Waals surface area contributed by atoms with Crippen LogP contribution in [0.1, 0.15) is 28.7 Å². The number of nitrogens with one attached hydrogen (secondary N) is 2. The zero-order valence-corrected chi connectivity index (χ0v) is 11.6. The van der Waals surface area contributed by atoms with E-state index in [1.807, 2.05) is 0 Å². The van der Waals surface area contributed by atoms with Gasteiger partial charge in [-0.25, -0.2) is 19.2 Å². The van der Waals surface area contributed by atoms with Crippen molar-refractivity contribution < 1.29 is 38.5 Å². The van der Waals surface area contributed by atoms with Crippen molar-refractivity contribution in [2.45, 2.75) is 53.0 Å². The largest absolute Gasteiger partial charge is 0.480 e. The van der Waals surface area contributed by atoms with Crippen LogP contribution in [0.3, 0.4) is 0 Å². The van der Waals surface area contributed by atoms with Gasteiger partial charge in [0.15, 0.2) is 12.1 Å². The van der Waals surface area contributed by atoms with E-state index in [9.17, 15) is 19.2 Å². The number of hydrogen-bond donors (Lipinski definition) is 3. The molecule has 2 saturated heterocycles. The van der Waals surface area contributed by atoms with Crippen LogP contribution in [0.5, 0.6) is 0 Å². The smallest absolute Gasteiger partial charge is 0.408 e. The molecule has 4 atom stereocenters. The Bertz CT molecular complexity index is 453. The van der Waals surface area contributed by atoms with E-state index in [4.69, 9.17) is 5.11 Å². The zero-order valence-electron chi connectivity index (χ0n) is 11.6. The van der Waals surface area contributed by atoms with Gasteiger partial charge in [0, 0.05) is 0 Å². The maximum Gasteiger partial charge on any atom is 0.408 e. The Labute approximate surface area is 134 Å². The molecule has 0 spiro atoms. The monoisotopic (exact) mass is 336 g/mol. The Hall–Kier alpha value is -2.52. The van der Waals surface area contributed by atoms with Crippen molar-refractivity contribution in [3.8, 4) is 0 Å². The Morgan fingerprint density at radius 3 is 1.61 bits per heavy atom. The summed E-state index contributed by atoms with van der Waals surface area (Å²) in [5.74, 6) is -1.55. The molecule has 0 radical (unpaired) electrons. The fourth-order valence-corrected chi connectivity index (χ4v) is 1.67. The SMILES string of the molecule is C.C.COC(=O)[C@H]1NC(=O)O[C@H]1C.C[C@@H]1OC(=O)N[C@@H]1C(=O)O. The van der Waals surface area contributed by atoms with E-state index in [1.54, 1.807) is 6.92 Å². The number of aliphatic carboxylic acids is 1. The van der Waals surface area contributed by atoms with Crippen molar-refractivity contribution in [1.29, 1.82) is 0 Å². The summed E-state index contributed by atoms with van der Waals surface area (Å²) < 4.78 is 13.6. The number of alkyl carbamates (subject to hydrolysis) is 2. The van der Waals surface area contributed by atoms with Gasteiger partial charge in [-0.05, 0) is 13.8 Å². The van der Waals surface area contributed by atoms with Crippen LogP contribution in [0, 0.1) is 0 Å². The first-order chi connectivity index (χ1) is 9.76. The lowest BCUT2D eigenvalue weighted by atomic mass is 10.2. The first-order valence-electron chi connectivity index (χ1n) is 6.01. The summed E-state index contributed by atoms with van der Waals surface area (Å²) >= 11 is 0. The quantitative estimate of drug-likeness (QED) is 0.489. The van der Waals surface area contributed by atoms with Crippen LogP contribution < -0.4 is 10.6 Å². The van der Waals surface area contributed by atoms with E-state index in [0.717, 1.165) is 0 Å². The lowest BCUT2D eigenvalue weighted by Crippen LogP contribution is -2.38. The molecule has 2 rings (SSSR count). The van der Waals surface area contributed by atoms with Crippen LogP contribution in [-0.2, 0) is 23.8 Å². The van der Waals surface area contributed by atoms with Crippen LogP contribution in [-0.4, -0.2) is 60.6 Å². The average molecular weight is 336 g/mol. The van der Waals surface area contributed by atoms with Crippen LogP contribution in [0.15, 0.2) is 0 Å². The second kappa shape index (κ2) is 9.49. The number of carboxylic acid groups (broad SMARTS) is 1. The molecular formula is C13H24N2O8. The number of carbonyl (C=O) groups is 4. The molecule has 2 amide bonds. The summed E-state index contributed by atoms with van der Waals surface area (Å²) in [4.78, 5) is 42.0. The second-order valence-corrected chi connectivity index (χ2v) is 4.33. The van der Waals surface area contributed by atoms with E-state index in [2.05, 4.69) is 24.8 Å². The van der Waals surface area contributed by atoms with Gasteiger partial charge in [-0.1, -0.05) is 14.9 Å². The zero-order chi connectivity index (χ0) is 16.2. The highest BCUT2D eigenvalue weighted by Crippen LogP contribution is 2.08. The number of ether oxygens (including phenoxy) is 3. The molecule has 23 heavy (non-hydrogen) atoms. The number of carbonyl (C=O) groups excluding carboxylic acids is 3. The molecule has 0 aromatic rings. The van der Waals surface area contributed by atoms with E-state index < -0.39 is 48.4 Å². The van der Waals surface area contributed by atoms with Crippen LogP contribution in [0.4, 0.5) is 9.59 Å². The van der Waals surface area contributed by atoms with Crippen molar-refractivity contribution in [1.82, 2.24) is 10.6 Å². The van der Waals surface area contributed by atoms with Crippen molar-refractivity contribution in [2.75, 3.05) is 7.11 Å². The Morgan fingerprint density at radius 2 is 1.39 bits per heavy atom. The van der Waals surface area contributed by atoms with Gasteiger partial charge in [0.25, 0.3) is 0 Å². The minimum absolute atomic E-state index is 0. The number of hydrogen-bond acceptors (Lipinski definition) is 7. The number of esters is 1. The van der Waals surface area contributed by atoms with Gasteiger partial charge >= 0.3 is 24.1 Å². The maximum atomic E-state index is 10.9. The first kappa shape index (κ1) is 22.8. The van der Waals surface area contributed by atoms with E-state index in [0.29, 0.717) is 0 Å². The summed E-state index contributed by atoms with van der Waals surface area (Å²) in [6.07, 6.45) is -2.27. The summed E-state index contributed by atoms with van der Waals surface area (Å²) in [6.45, 7) is 3.15. The Balaban J connectivity index is 0. The predicted octanol–water partition coefficient (Wildman–Crippen LogP) is 0.496. The number of carboxylic acids is 1. The molecular weight excluding hydrogens is 312 g/mol. The molecule has 0 aromatic carbocycles. The summed E-state index contributed by atoms with van der Waals surface area (Å²) in [7, 11) is 1.26. The fraction of sp³-hybridized carbons (Fsp3) is 0.692. The average Bonchev–Trinajstić information content (AvgIpc) is 2.91. The van der Waals surface area contributed by atoms with E-state index >= 15 is 0 Å². The number of methoxy groups -OCH3 is 1. The molecule has 3 N–H and O–H groups in total. The van der Waals surface area contributed by atoms with Gasteiger partial charge in [-0.15, -0.1) is 0 Å². The van der Waals surface area contributed by atoms with Gasteiger partial charge in [-0.3, -0.25) is 0 Å². The molecule has 2 heterocycles. The molecule has 2 fully saturated rings. The summed E-state index contributed by atoms with van der Waals surface area (Å²) in [5, 5.41) is 12.9. The molecule has 2 aliphatic heterocycles. The molecule has 134 valence electrons. The predicted molar refractivity (Wildman–Crippen MR) is 78.8 cm³/mol. The minimum atomic E-state index is -1.07. The molecule has 10 nitrogen and oxygen atoms in total. The topological polar surface area (TPSA) is 140 Å². The summed E-state index contributed by atoms with van der Waals surface area (Å²) in [6, 6.07) is -1.56. The molecule has 0 aliphatic carbocycles. The maximum absolute atomic E-state index is 10.9. The van der Waals surface area contributed by atoms with Gasteiger partial charge in [0.2, 0.25) is 0 Å². The third kappa shape index (κ3) is 6.01. The van der Waals surface area contributed by atoms with E-state index in [1.165, 1.54) is 14.0 Å². The molecule has 0 saturated carbocycles. The Kier molecular flexibility index (Phi) is 9.39. The third-order valence-electron chi connectivity index (χ3n) is 2.79. The lowest BCUT2D eigenvalue weighted by molar-refractivity contribution is -0.144. The van der Waals surface area contributed by atoms with Gasteiger partial charge in [0.1, 0.15) is 12.2 Å². The molecule has 10 heteroatoms. The number of amides is 2. The number of cyclic esters (lactones) is 2. The van der Waals surface area contributed by atoms with Gasteiger partial charge in [-0.2, -0.15) is 0 Å². The van der Waals surface area contributed by atoms with Crippen LogP contribution in [0.25, 0.3) is 0 Å². The highest BCUT2D eigenvalue weighted by atomic mass is 16.6. The molecule has 0 bridgehead atoms. The lowest BCUT2D eigenvalue weighted by Gasteiger charge is -2.08. The number of rotatable bonds is 2. The molecule has 2 aliphatic rings. The standard InChI is InChI=1S/C6H9NO4.C5H7NO4.2CH4/c1-3-4(5(8)10-2)7-6(9)11-3;1-2-3(4(7)8)6-5(9)10-2;;/h3-4H,1-2H3,(H,7,9);2-3H,1H3,(H,6,9)(H,7,8);2*1H4/t3-,4-;2-,3-;;/m00../s1. The van der Waals surface area contributed by atoms with Crippen molar-refractivity contribution in [3.05, 3.63) is 0 Å². The first-order valence-corrected chi connectivity index (χ1v) is 6.01. The van der Waals surface area contributed by atoms with Gasteiger partial charge in [0.05, 0.1) is 7.11 Å². The van der Waals surface area contributed by atoms with E-state index in [-0.39, 0.29) is 14.9 Å². The normalized spacial score (nSPS) is 27.4. The molecule has 0 unspecified atom stereocenters. The van der Waals surface area contributed by atoms with Crippen LogP contribution in [0.2, 0.25) is 0 Å². The van der Waals surface area contributed by atoms with Crippen molar-refractivity contribution in [3.63, 3.8) is 0 Å². The molecule has 0 aromatic heterocycles. The highest BCUT2D eigenvalue weighted by Gasteiger charge is 2.37. The van der Waals surface area contributed by atoms with Crippen molar-refractivity contribution >= 4 is 24.1 Å². The van der Waals surface area contributed by atoms with Crippen LogP contribution >= 0.6 is 0 Å². The summed E-state index contributed by atoms with van der Waals surface area (Å²) in [5.41, 5.74) is 0. The Morgan fingerprint density at radius 1 is 1.00 bits per heavy atom. The minimum Gasteiger partial charge on any atom is -0.480 e. The van der Waals surface area contributed by atoms with Crippen molar-refractivity contribution in [2.24, 2.45) is 0 Å². The highest BCUT2D eigenvalue weighted by molar-refractivity contribution is 5.84. The fourth-order valence-electron chi connectivity index (χ4n) is 1.67. The second-order valence-electron chi connectivity index (χ2n) is 4.33.